The van der Waals surface area contributed by atoms with E-state index in [0.717, 1.165) is 11.3 Å². The molecule has 0 radical (unpaired) electrons. The number of carbonyl (C=O) groups is 1. The Bertz CT molecular complexity index is 260. The van der Waals surface area contributed by atoms with Crippen molar-refractivity contribution in [2.24, 2.45) is 5.84 Å². The smallest absolute Gasteiger partial charge is 0.294 e. The van der Waals surface area contributed by atoms with Crippen LogP contribution in [0.4, 0.5) is 0 Å². The van der Waals surface area contributed by atoms with Crippen molar-refractivity contribution in [1.82, 2.24) is 10.4 Å². The number of nitrogens with two attached hydrogens (primary N) is 1. The number of nitrogens with zero attached hydrogens (tertiary/aromatic N) is 1. The molecule has 1 amide bonds. The van der Waals surface area contributed by atoms with Crippen molar-refractivity contribution in [2.45, 2.75) is 6.61 Å². The molecule has 6 heteroatoms. The zero-order valence-electron chi connectivity index (χ0n) is 5.57. The van der Waals surface area contributed by atoms with Crippen LogP contribution in [-0.4, -0.2) is 16.0 Å². The van der Waals surface area contributed by atoms with Gasteiger partial charge in [0.2, 0.25) is 0 Å². The molecule has 0 aromatic carbocycles. The number of aromatic nitrogens is 1. The third-order valence-corrected chi connectivity index (χ3v) is 1.93. The molecule has 1 aromatic heterocycles. The molecule has 11 heavy (non-hydrogen) atoms. The predicted octanol–water partition coefficient (Wildman–Crippen LogP) is -0.761. The number of hydrazine groups is 1. The van der Waals surface area contributed by atoms with Crippen LogP contribution in [0.5, 0.6) is 0 Å². The van der Waals surface area contributed by atoms with Gasteiger partial charge in [0.05, 0.1) is 12.3 Å². The molecule has 1 heterocycles. The summed E-state index contributed by atoms with van der Waals surface area (Å²) in [5.74, 6) is 4.42. The molecule has 4 N–H and O–H groups in total. The lowest BCUT2D eigenvalue weighted by molar-refractivity contribution is 0.0953. The normalized spacial score (nSPS) is 9.64. The van der Waals surface area contributed by atoms with Gasteiger partial charge in [0.15, 0.2) is 5.01 Å². The van der Waals surface area contributed by atoms with Crippen LogP contribution in [0.25, 0.3) is 0 Å². The van der Waals surface area contributed by atoms with Crippen LogP contribution >= 0.6 is 11.3 Å². The summed E-state index contributed by atoms with van der Waals surface area (Å²) in [6.45, 7) is -0.158. The van der Waals surface area contributed by atoms with E-state index in [1.54, 1.807) is 5.38 Å². The predicted molar refractivity (Wildman–Crippen MR) is 39.7 cm³/mol. The standard InChI is InChI=1S/C5H7N3O2S/c6-8-4(10)5-7-3(1-9)2-11-5/h2,9H,1,6H2,(H,8,10). The van der Waals surface area contributed by atoms with Crippen molar-refractivity contribution in [3.05, 3.63) is 16.1 Å². The highest BCUT2D eigenvalue weighted by molar-refractivity contribution is 7.11. The highest BCUT2D eigenvalue weighted by Crippen LogP contribution is 2.08. The van der Waals surface area contributed by atoms with Gasteiger partial charge in [-0.05, 0) is 0 Å². The fraction of sp³-hybridized carbons (Fsp3) is 0.200. The molecular weight excluding hydrogens is 166 g/mol. The molecular formula is C5H7N3O2S. The Morgan fingerprint density at radius 2 is 2.64 bits per heavy atom. The van der Waals surface area contributed by atoms with Gasteiger partial charge in [-0.1, -0.05) is 0 Å². The molecule has 1 rings (SSSR count). The van der Waals surface area contributed by atoms with E-state index in [0.29, 0.717) is 5.69 Å². The number of carbonyl (C=O) groups excluding carboxylic acids is 1. The van der Waals surface area contributed by atoms with Gasteiger partial charge in [-0.3, -0.25) is 10.2 Å². The molecule has 0 saturated heterocycles. The molecule has 0 aliphatic carbocycles. The van der Waals surface area contributed by atoms with Crippen LogP contribution in [-0.2, 0) is 6.61 Å². The first-order valence-corrected chi connectivity index (χ1v) is 3.72. The average Bonchev–Trinajstić information content (AvgIpc) is 2.50. The number of aliphatic hydroxyl groups is 1. The quantitative estimate of drug-likeness (QED) is 0.311. The summed E-state index contributed by atoms with van der Waals surface area (Å²) in [4.78, 5) is 14.5. The molecule has 0 saturated carbocycles. The van der Waals surface area contributed by atoms with Crippen molar-refractivity contribution in [1.29, 1.82) is 0 Å². The lowest BCUT2D eigenvalue weighted by Crippen LogP contribution is -2.29. The number of nitrogens with one attached hydrogen (secondary N) is 1. The first kappa shape index (κ1) is 8.12. The molecule has 0 aliphatic heterocycles. The first-order chi connectivity index (χ1) is 5.27. The fourth-order valence-corrected chi connectivity index (χ4v) is 1.26. The van der Waals surface area contributed by atoms with Gasteiger partial charge in [0.1, 0.15) is 0 Å². The summed E-state index contributed by atoms with van der Waals surface area (Å²) in [5.41, 5.74) is 2.43. The third-order valence-electron chi connectivity index (χ3n) is 1.04. The van der Waals surface area contributed by atoms with Crippen molar-refractivity contribution >= 4 is 17.2 Å². The van der Waals surface area contributed by atoms with Gasteiger partial charge in [0, 0.05) is 5.38 Å². The number of hydrogen-bond acceptors (Lipinski definition) is 5. The number of amides is 1. The molecule has 0 bridgehead atoms. The average molecular weight is 173 g/mol. The molecule has 0 spiro atoms. The molecule has 0 aliphatic rings. The summed E-state index contributed by atoms with van der Waals surface area (Å²) in [6.07, 6.45) is 0. The first-order valence-electron chi connectivity index (χ1n) is 2.84. The number of hydrogen-bond donors (Lipinski definition) is 3. The summed E-state index contributed by atoms with van der Waals surface area (Å²) >= 11 is 1.14. The SMILES string of the molecule is NNC(=O)c1nc(CO)cs1. The lowest BCUT2D eigenvalue weighted by atomic mass is 10.5. The maximum Gasteiger partial charge on any atom is 0.294 e. The summed E-state index contributed by atoms with van der Waals surface area (Å²) < 4.78 is 0. The number of thiazole rings is 1. The van der Waals surface area contributed by atoms with Crippen LogP contribution in [0.1, 0.15) is 15.5 Å². The number of rotatable bonds is 2. The zero-order chi connectivity index (χ0) is 8.27. The topological polar surface area (TPSA) is 88.2 Å². The van der Waals surface area contributed by atoms with Gasteiger partial charge >= 0.3 is 0 Å². The van der Waals surface area contributed by atoms with E-state index in [-0.39, 0.29) is 11.6 Å². The third kappa shape index (κ3) is 1.73. The Morgan fingerprint density at radius 1 is 1.91 bits per heavy atom. The summed E-state index contributed by atoms with van der Waals surface area (Å²) in [6, 6.07) is 0. The summed E-state index contributed by atoms with van der Waals surface area (Å²) in [7, 11) is 0. The highest BCUT2D eigenvalue weighted by Gasteiger charge is 2.07. The Morgan fingerprint density at radius 3 is 3.09 bits per heavy atom. The number of nitrogen functional groups attached to an aromatic ring is 1. The molecule has 0 unspecified atom stereocenters. The van der Waals surface area contributed by atoms with E-state index >= 15 is 0 Å². The molecule has 5 nitrogen and oxygen atoms in total. The van der Waals surface area contributed by atoms with Crippen molar-refractivity contribution in [2.75, 3.05) is 0 Å². The Kier molecular flexibility index (Phi) is 2.53. The Labute approximate surface area is 66.8 Å². The number of aliphatic hydroxyl groups excluding tert-OH is 1. The van der Waals surface area contributed by atoms with Gasteiger partial charge in [-0.25, -0.2) is 10.8 Å². The molecule has 0 fully saturated rings. The second-order valence-corrected chi connectivity index (χ2v) is 2.63. The van der Waals surface area contributed by atoms with Crippen LogP contribution in [0.3, 0.4) is 0 Å². The van der Waals surface area contributed by atoms with Crippen molar-refractivity contribution < 1.29 is 9.90 Å². The van der Waals surface area contributed by atoms with Gasteiger partial charge in [-0.15, -0.1) is 11.3 Å². The molecule has 60 valence electrons. The van der Waals surface area contributed by atoms with Crippen LogP contribution < -0.4 is 11.3 Å². The van der Waals surface area contributed by atoms with Gasteiger partial charge in [0.25, 0.3) is 5.91 Å². The highest BCUT2D eigenvalue weighted by atomic mass is 32.1. The van der Waals surface area contributed by atoms with E-state index in [9.17, 15) is 4.79 Å². The van der Waals surface area contributed by atoms with E-state index < -0.39 is 5.91 Å². The van der Waals surface area contributed by atoms with E-state index in [2.05, 4.69) is 4.98 Å². The minimum atomic E-state index is -0.435. The molecule has 0 atom stereocenters. The second-order valence-electron chi connectivity index (χ2n) is 1.78. The van der Waals surface area contributed by atoms with E-state index in [1.807, 2.05) is 5.43 Å². The monoisotopic (exact) mass is 173 g/mol. The van der Waals surface area contributed by atoms with Gasteiger partial charge in [-0.2, -0.15) is 0 Å². The minimum absolute atomic E-state index is 0.158. The van der Waals surface area contributed by atoms with E-state index in [4.69, 9.17) is 10.9 Å². The fourth-order valence-electron chi connectivity index (χ4n) is 0.546. The summed E-state index contributed by atoms with van der Waals surface area (Å²) in [5, 5.41) is 10.4. The zero-order valence-corrected chi connectivity index (χ0v) is 6.39. The van der Waals surface area contributed by atoms with E-state index in [1.165, 1.54) is 0 Å². The van der Waals surface area contributed by atoms with Gasteiger partial charge < -0.3 is 5.11 Å². The van der Waals surface area contributed by atoms with Crippen molar-refractivity contribution in [3.63, 3.8) is 0 Å². The maximum absolute atomic E-state index is 10.8. The second kappa shape index (κ2) is 3.42. The Hall–Kier alpha value is -0.980. The lowest BCUT2D eigenvalue weighted by Gasteiger charge is -1.90. The maximum atomic E-state index is 10.8. The largest absolute Gasteiger partial charge is 0.390 e. The van der Waals surface area contributed by atoms with Crippen LogP contribution in [0, 0.1) is 0 Å². The minimum Gasteiger partial charge on any atom is -0.390 e. The molecule has 1 aromatic rings. The van der Waals surface area contributed by atoms with Crippen molar-refractivity contribution in [3.8, 4) is 0 Å². The Balaban J connectivity index is 2.80. The van der Waals surface area contributed by atoms with Crippen LogP contribution in [0.15, 0.2) is 5.38 Å². The van der Waals surface area contributed by atoms with Crippen LogP contribution in [0.2, 0.25) is 0 Å².